The number of phenolic OH excluding ortho intramolecular Hbond substituents is 1. The first-order valence-electron chi connectivity index (χ1n) is 6.21. The van der Waals surface area contributed by atoms with Crippen molar-refractivity contribution in [2.45, 2.75) is 25.0 Å². The summed E-state index contributed by atoms with van der Waals surface area (Å²) >= 11 is 0. The maximum Gasteiger partial charge on any atom is 0.115 e. The molecule has 1 aromatic carbocycles. The third-order valence-electron chi connectivity index (χ3n) is 4.17. The second-order valence-electron chi connectivity index (χ2n) is 5.12. The molecule has 4 heteroatoms. The standard InChI is InChI=1S/C14H14N2O2/c17-12-1-2-13-10(5-12)3-4-14(13)8-18-7-11-6-15-9-16(11)14/h1-2,5-6,9,17H,3-4,7-8H2. The number of aryl methyl sites for hydroxylation is 1. The normalized spacial score (nSPS) is 25.1. The molecule has 2 heterocycles. The van der Waals surface area contributed by atoms with Crippen LogP contribution in [-0.2, 0) is 23.3 Å². The monoisotopic (exact) mass is 242 g/mol. The second kappa shape index (κ2) is 3.36. The lowest BCUT2D eigenvalue weighted by molar-refractivity contribution is 0.0233. The molecule has 1 spiro atoms. The van der Waals surface area contributed by atoms with Crippen molar-refractivity contribution in [2.24, 2.45) is 0 Å². The molecule has 0 bridgehead atoms. The van der Waals surface area contributed by atoms with Crippen molar-refractivity contribution in [3.63, 3.8) is 0 Å². The van der Waals surface area contributed by atoms with Gasteiger partial charge in [0, 0.05) is 0 Å². The Kier molecular flexibility index (Phi) is 1.89. The highest BCUT2D eigenvalue weighted by atomic mass is 16.5. The molecule has 1 atom stereocenters. The average Bonchev–Trinajstić information content (AvgIpc) is 2.96. The summed E-state index contributed by atoms with van der Waals surface area (Å²) in [5, 5.41) is 9.59. The third kappa shape index (κ3) is 1.16. The predicted octanol–water partition coefficient (Wildman–Crippen LogP) is 1.81. The van der Waals surface area contributed by atoms with Gasteiger partial charge in [-0.1, -0.05) is 6.07 Å². The van der Waals surface area contributed by atoms with Crippen molar-refractivity contribution in [2.75, 3.05) is 6.61 Å². The van der Waals surface area contributed by atoms with E-state index in [0.29, 0.717) is 19.0 Å². The number of imidazole rings is 1. The van der Waals surface area contributed by atoms with E-state index < -0.39 is 0 Å². The van der Waals surface area contributed by atoms with Gasteiger partial charge in [-0.15, -0.1) is 0 Å². The molecule has 1 unspecified atom stereocenters. The Morgan fingerprint density at radius 1 is 1.39 bits per heavy atom. The summed E-state index contributed by atoms with van der Waals surface area (Å²) < 4.78 is 8.01. The largest absolute Gasteiger partial charge is 0.508 e. The van der Waals surface area contributed by atoms with Crippen LogP contribution in [0.4, 0.5) is 0 Å². The van der Waals surface area contributed by atoms with E-state index in [1.807, 2.05) is 24.7 Å². The van der Waals surface area contributed by atoms with Crippen LogP contribution in [0, 0.1) is 0 Å². The van der Waals surface area contributed by atoms with Gasteiger partial charge in [0.1, 0.15) is 5.75 Å². The second-order valence-corrected chi connectivity index (χ2v) is 5.12. The Balaban J connectivity index is 1.95. The molecule has 18 heavy (non-hydrogen) atoms. The van der Waals surface area contributed by atoms with E-state index in [4.69, 9.17) is 4.74 Å². The molecule has 4 nitrogen and oxygen atoms in total. The van der Waals surface area contributed by atoms with E-state index in [0.717, 1.165) is 18.5 Å². The number of rotatable bonds is 0. The van der Waals surface area contributed by atoms with Crippen LogP contribution < -0.4 is 0 Å². The molecule has 2 aromatic rings. The first kappa shape index (κ1) is 10.1. The van der Waals surface area contributed by atoms with Crippen LogP contribution in [0.5, 0.6) is 5.75 Å². The molecular weight excluding hydrogens is 228 g/mol. The molecule has 92 valence electrons. The summed E-state index contributed by atoms with van der Waals surface area (Å²) in [6.45, 7) is 1.32. The van der Waals surface area contributed by atoms with E-state index in [1.165, 1.54) is 11.1 Å². The van der Waals surface area contributed by atoms with Crippen LogP contribution in [0.2, 0.25) is 0 Å². The Bertz CT molecular complexity index is 620. The predicted molar refractivity (Wildman–Crippen MR) is 65.4 cm³/mol. The smallest absolute Gasteiger partial charge is 0.115 e. The maximum atomic E-state index is 9.59. The van der Waals surface area contributed by atoms with E-state index >= 15 is 0 Å². The van der Waals surface area contributed by atoms with Crippen molar-refractivity contribution in [1.82, 2.24) is 9.55 Å². The molecule has 0 saturated carbocycles. The minimum atomic E-state index is -0.118. The lowest BCUT2D eigenvalue weighted by atomic mass is 9.91. The van der Waals surface area contributed by atoms with E-state index in [2.05, 4.69) is 9.55 Å². The van der Waals surface area contributed by atoms with Gasteiger partial charge in [0.05, 0.1) is 37.0 Å². The van der Waals surface area contributed by atoms with Crippen molar-refractivity contribution in [3.05, 3.63) is 47.5 Å². The maximum absolute atomic E-state index is 9.59. The molecule has 0 fully saturated rings. The molecule has 1 aliphatic heterocycles. The van der Waals surface area contributed by atoms with Crippen LogP contribution in [0.25, 0.3) is 0 Å². The Labute approximate surface area is 105 Å². The topological polar surface area (TPSA) is 47.3 Å². The summed E-state index contributed by atoms with van der Waals surface area (Å²) in [5.74, 6) is 0.341. The molecule has 1 aliphatic carbocycles. The van der Waals surface area contributed by atoms with Crippen LogP contribution >= 0.6 is 0 Å². The lowest BCUT2D eigenvalue weighted by Crippen LogP contribution is -2.41. The Hall–Kier alpha value is -1.81. The number of benzene rings is 1. The fraction of sp³-hybridized carbons (Fsp3) is 0.357. The Morgan fingerprint density at radius 3 is 3.28 bits per heavy atom. The quantitative estimate of drug-likeness (QED) is 0.766. The lowest BCUT2D eigenvalue weighted by Gasteiger charge is -2.37. The number of phenols is 1. The molecule has 2 aliphatic rings. The van der Waals surface area contributed by atoms with Gasteiger partial charge in [-0.05, 0) is 36.1 Å². The van der Waals surface area contributed by atoms with Gasteiger partial charge in [-0.3, -0.25) is 0 Å². The van der Waals surface area contributed by atoms with Crippen molar-refractivity contribution in [3.8, 4) is 5.75 Å². The summed E-state index contributed by atoms with van der Waals surface area (Å²) in [6, 6.07) is 5.66. The van der Waals surface area contributed by atoms with Crippen molar-refractivity contribution in [1.29, 1.82) is 0 Å². The van der Waals surface area contributed by atoms with Gasteiger partial charge in [0.15, 0.2) is 0 Å². The van der Waals surface area contributed by atoms with Gasteiger partial charge in [0.2, 0.25) is 0 Å². The fourth-order valence-electron chi connectivity index (χ4n) is 3.33. The number of fused-ring (bicyclic) bond motifs is 4. The van der Waals surface area contributed by atoms with Crippen molar-refractivity contribution < 1.29 is 9.84 Å². The summed E-state index contributed by atoms with van der Waals surface area (Å²) in [6.07, 6.45) is 5.76. The molecule has 0 saturated heterocycles. The van der Waals surface area contributed by atoms with Gasteiger partial charge >= 0.3 is 0 Å². The zero-order valence-electron chi connectivity index (χ0n) is 9.97. The minimum Gasteiger partial charge on any atom is -0.508 e. The molecule has 0 radical (unpaired) electrons. The third-order valence-corrected chi connectivity index (χ3v) is 4.17. The number of nitrogens with zero attached hydrogens (tertiary/aromatic N) is 2. The number of hydrogen-bond donors (Lipinski definition) is 1. The molecule has 4 rings (SSSR count). The van der Waals surface area contributed by atoms with Crippen LogP contribution in [-0.4, -0.2) is 21.3 Å². The first-order chi connectivity index (χ1) is 8.79. The molecular formula is C14H14N2O2. The molecule has 0 amide bonds. The van der Waals surface area contributed by atoms with E-state index in [9.17, 15) is 5.11 Å². The first-order valence-corrected chi connectivity index (χ1v) is 6.21. The van der Waals surface area contributed by atoms with E-state index in [1.54, 1.807) is 6.07 Å². The van der Waals surface area contributed by atoms with Gasteiger partial charge in [-0.25, -0.2) is 4.98 Å². The summed E-state index contributed by atoms with van der Waals surface area (Å²) in [4.78, 5) is 4.25. The van der Waals surface area contributed by atoms with Crippen LogP contribution in [0.3, 0.4) is 0 Å². The van der Waals surface area contributed by atoms with Gasteiger partial charge < -0.3 is 14.4 Å². The Morgan fingerprint density at radius 2 is 2.33 bits per heavy atom. The highest BCUT2D eigenvalue weighted by Crippen LogP contribution is 2.44. The fourth-order valence-corrected chi connectivity index (χ4v) is 3.33. The van der Waals surface area contributed by atoms with Gasteiger partial charge in [0.25, 0.3) is 0 Å². The SMILES string of the molecule is Oc1ccc2c(c1)CCC21COCc2cncn21. The summed E-state index contributed by atoms with van der Waals surface area (Å²) in [7, 11) is 0. The van der Waals surface area contributed by atoms with Gasteiger partial charge in [-0.2, -0.15) is 0 Å². The molecule has 1 N–H and O–H groups in total. The van der Waals surface area contributed by atoms with Crippen LogP contribution in [0.15, 0.2) is 30.7 Å². The zero-order valence-corrected chi connectivity index (χ0v) is 9.97. The van der Waals surface area contributed by atoms with Crippen LogP contribution in [0.1, 0.15) is 23.2 Å². The number of ether oxygens (including phenoxy) is 1. The highest BCUT2D eigenvalue weighted by Gasteiger charge is 2.43. The molecule has 1 aromatic heterocycles. The average molecular weight is 242 g/mol. The number of aromatic nitrogens is 2. The van der Waals surface area contributed by atoms with Crippen molar-refractivity contribution >= 4 is 0 Å². The highest BCUT2D eigenvalue weighted by molar-refractivity contribution is 5.44. The zero-order chi connectivity index (χ0) is 12.2. The minimum absolute atomic E-state index is 0.118. The summed E-state index contributed by atoms with van der Waals surface area (Å²) in [5.41, 5.74) is 3.49. The number of aromatic hydroxyl groups is 1. The van der Waals surface area contributed by atoms with E-state index in [-0.39, 0.29) is 5.54 Å². The number of hydrogen-bond acceptors (Lipinski definition) is 3.